The first-order valence-corrected chi connectivity index (χ1v) is 7.46. The van der Waals surface area contributed by atoms with Crippen molar-refractivity contribution in [2.75, 3.05) is 33.9 Å². The molecule has 0 spiro atoms. The minimum Gasteiger partial charge on any atom is -0.388 e. The van der Waals surface area contributed by atoms with E-state index < -0.39 is 0 Å². The molecule has 2 rings (SSSR count). The number of hydrogen-bond donors (Lipinski definition) is 1. The number of rotatable bonds is 6. The second-order valence-electron chi connectivity index (χ2n) is 6.77. The molecule has 1 heterocycles. The average Bonchev–Trinajstić information content (AvgIpc) is 2.75. The Morgan fingerprint density at radius 1 is 1.45 bits per heavy atom. The van der Waals surface area contributed by atoms with Crippen molar-refractivity contribution in [3.8, 4) is 0 Å². The van der Waals surface area contributed by atoms with E-state index in [0.717, 1.165) is 44.6 Å². The molecule has 1 atom stereocenters. The van der Waals surface area contributed by atoms with Crippen LogP contribution in [0.5, 0.6) is 0 Å². The van der Waals surface area contributed by atoms with Crippen LogP contribution in [0.2, 0.25) is 0 Å². The summed E-state index contributed by atoms with van der Waals surface area (Å²) in [6.45, 7) is 8.17. The molecule has 0 saturated carbocycles. The molecule has 1 aromatic rings. The molecule has 0 bridgehead atoms. The smallest absolute Gasteiger partial charge is 0.0812 e. The summed E-state index contributed by atoms with van der Waals surface area (Å²) >= 11 is 0. The number of likely N-dealkylation sites (N-methyl/N-ethyl adjacent to an activating group) is 1. The van der Waals surface area contributed by atoms with Crippen LogP contribution in [0.1, 0.15) is 37.6 Å². The summed E-state index contributed by atoms with van der Waals surface area (Å²) in [5.41, 5.74) is 2.63. The van der Waals surface area contributed by atoms with Gasteiger partial charge in [-0.1, -0.05) is 13.8 Å². The molecule has 0 radical (unpaired) electrons. The van der Waals surface area contributed by atoms with Gasteiger partial charge in [0.1, 0.15) is 0 Å². The topological polar surface area (TPSA) is 37.6 Å². The average molecular weight is 280 g/mol. The molecule has 4 heteroatoms. The van der Waals surface area contributed by atoms with Crippen molar-refractivity contribution in [1.29, 1.82) is 0 Å². The lowest BCUT2D eigenvalue weighted by atomic mass is 9.75. The number of nitrogens with zero attached hydrogens (tertiary/aromatic N) is 2. The zero-order valence-electron chi connectivity index (χ0n) is 13.2. The molecule has 0 amide bonds. The van der Waals surface area contributed by atoms with Gasteiger partial charge in [-0.3, -0.25) is 0 Å². The summed E-state index contributed by atoms with van der Waals surface area (Å²) in [6.07, 6.45) is 3.73. The molecule has 0 aliphatic heterocycles. The third kappa shape index (κ3) is 3.62. The lowest BCUT2D eigenvalue weighted by molar-refractivity contribution is 0.0976. The van der Waals surface area contributed by atoms with E-state index in [9.17, 15) is 5.11 Å². The number of aliphatic hydroxyl groups excluding tert-OH is 1. The van der Waals surface area contributed by atoms with Gasteiger partial charge in [0.25, 0.3) is 0 Å². The normalized spacial score (nSPS) is 21.2. The summed E-state index contributed by atoms with van der Waals surface area (Å²) < 4.78 is 7.41. The Kier molecular flexibility index (Phi) is 4.89. The SMILES string of the molecule is COCCN(C)CCn1ccc2c1CC(C)(C)CC2O. The van der Waals surface area contributed by atoms with Gasteiger partial charge in [0, 0.05) is 44.2 Å². The fourth-order valence-electron chi connectivity index (χ4n) is 3.03. The van der Waals surface area contributed by atoms with Crippen molar-refractivity contribution in [3.63, 3.8) is 0 Å². The van der Waals surface area contributed by atoms with Gasteiger partial charge in [-0.05, 0) is 31.4 Å². The largest absolute Gasteiger partial charge is 0.388 e. The Hall–Kier alpha value is -0.840. The number of hydrogen-bond acceptors (Lipinski definition) is 3. The molecule has 4 nitrogen and oxygen atoms in total. The van der Waals surface area contributed by atoms with Crippen LogP contribution in [-0.4, -0.2) is 48.4 Å². The highest BCUT2D eigenvalue weighted by Gasteiger charge is 2.33. The molecule has 20 heavy (non-hydrogen) atoms. The summed E-state index contributed by atoms with van der Waals surface area (Å²) in [5.74, 6) is 0. The summed E-state index contributed by atoms with van der Waals surface area (Å²) in [5, 5.41) is 10.3. The number of fused-ring (bicyclic) bond motifs is 1. The van der Waals surface area contributed by atoms with Gasteiger partial charge in [0.05, 0.1) is 12.7 Å². The second-order valence-corrected chi connectivity index (χ2v) is 6.77. The molecule has 0 aromatic carbocycles. The molecule has 1 aliphatic rings. The third-order valence-corrected chi connectivity index (χ3v) is 4.26. The molecule has 1 N–H and O–H groups in total. The molecule has 1 aliphatic carbocycles. The quantitative estimate of drug-likeness (QED) is 0.867. The van der Waals surface area contributed by atoms with Crippen molar-refractivity contribution >= 4 is 0 Å². The van der Waals surface area contributed by atoms with Crippen LogP contribution in [0.25, 0.3) is 0 Å². The first-order chi connectivity index (χ1) is 9.43. The third-order valence-electron chi connectivity index (χ3n) is 4.26. The van der Waals surface area contributed by atoms with Gasteiger partial charge in [-0.15, -0.1) is 0 Å². The van der Waals surface area contributed by atoms with Gasteiger partial charge < -0.3 is 19.3 Å². The highest BCUT2D eigenvalue weighted by Crippen LogP contribution is 2.40. The minimum atomic E-state index is -0.304. The Balaban J connectivity index is 2.01. The van der Waals surface area contributed by atoms with Crippen LogP contribution in [0.4, 0.5) is 0 Å². The summed E-state index contributed by atoms with van der Waals surface area (Å²) in [6, 6.07) is 2.09. The lowest BCUT2D eigenvalue weighted by Gasteiger charge is -2.34. The van der Waals surface area contributed by atoms with E-state index >= 15 is 0 Å². The first kappa shape index (κ1) is 15.5. The predicted molar refractivity (Wildman–Crippen MR) is 80.9 cm³/mol. The van der Waals surface area contributed by atoms with Gasteiger partial charge in [0.15, 0.2) is 0 Å². The number of aliphatic hydroxyl groups is 1. The van der Waals surface area contributed by atoms with Crippen molar-refractivity contribution in [2.24, 2.45) is 5.41 Å². The Labute approximate surface area is 122 Å². The fraction of sp³-hybridized carbons (Fsp3) is 0.750. The second kappa shape index (κ2) is 6.29. The number of methoxy groups -OCH3 is 1. The van der Waals surface area contributed by atoms with Crippen molar-refractivity contribution in [1.82, 2.24) is 9.47 Å². The van der Waals surface area contributed by atoms with Gasteiger partial charge in [-0.2, -0.15) is 0 Å². The van der Waals surface area contributed by atoms with E-state index in [1.165, 1.54) is 5.69 Å². The summed E-state index contributed by atoms with van der Waals surface area (Å²) in [4.78, 5) is 2.28. The van der Waals surface area contributed by atoms with E-state index in [1.807, 2.05) is 0 Å². The van der Waals surface area contributed by atoms with Crippen LogP contribution in [0, 0.1) is 5.41 Å². The van der Waals surface area contributed by atoms with Crippen LogP contribution in [-0.2, 0) is 17.7 Å². The minimum absolute atomic E-state index is 0.185. The van der Waals surface area contributed by atoms with E-state index in [-0.39, 0.29) is 11.5 Å². The maximum Gasteiger partial charge on any atom is 0.0812 e. The Bertz CT molecular complexity index is 440. The lowest BCUT2D eigenvalue weighted by Crippen LogP contribution is -2.29. The molecular formula is C16H28N2O2. The maximum atomic E-state index is 10.3. The molecule has 0 fully saturated rings. The molecule has 114 valence electrons. The monoisotopic (exact) mass is 280 g/mol. The van der Waals surface area contributed by atoms with Crippen molar-refractivity contribution in [2.45, 2.75) is 39.3 Å². The van der Waals surface area contributed by atoms with Crippen LogP contribution < -0.4 is 0 Å². The zero-order chi connectivity index (χ0) is 14.8. The molecule has 1 aromatic heterocycles. The standard InChI is InChI=1S/C16H28N2O2/c1-16(2)11-14-13(15(19)12-16)5-6-18(14)8-7-17(3)9-10-20-4/h5-6,15,19H,7-12H2,1-4H3. The van der Waals surface area contributed by atoms with Crippen LogP contribution >= 0.6 is 0 Å². The summed E-state index contributed by atoms with van der Waals surface area (Å²) in [7, 11) is 3.85. The zero-order valence-corrected chi connectivity index (χ0v) is 13.2. The van der Waals surface area contributed by atoms with Crippen LogP contribution in [0.3, 0.4) is 0 Å². The van der Waals surface area contributed by atoms with Gasteiger partial charge >= 0.3 is 0 Å². The van der Waals surface area contributed by atoms with Crippen molar-refractivity contribution in [3.05, 3.63) is 23.5 Å². The molecule has 0 saturated heterocycles. The van der Waals surface area contributed by atoms with E-state index in [2.05, 4.69) is 42.6 Å². The maximum absolute atomic E-state index is 10.3. The first-order valence-electron chi connectivity index (χ1n) is 7.46. The Morgan fingerprint density at radius 3 is 2.90 bits per heavy atom. The fourth-order valence-corrected chi connectivity index (χ4v) is 3.03. The van der Waals surface area contributed by atoms with Gasteiger partial charge in [0.2, 0.25) is 0 Å². The Morgan fingerprint density at radius 2 is 2.20 bits per heavy atom. The number of ether oxygens (including phenoxy) is 1. The van der Waals surface area contributed by atoms with Crippen LogP contribution in [0.15, 0.2) is 12.3 Å². The van der Waals surface area contributed by atoms with Crippen molar-refractivity contribution < 1.29 is 9.84 Å². The van der Waals surface area contributed by atoms with E-state index in [4.69, 9.17) is 4.74 Å². The number of aromatic nitrogens is 1. The molecular weight excluding hydrogens is 252 g/mol. The van der Waals surface area contributed by atoms with Gasteiger partial charge in [-0.25, -0.2) is 0 Å². The van der Waals surface area contributed by atoms with E-state index in [0.29, 0.717) is 0 Å². The highest BCUT2D eigenvalue weighted by atomic mass is 16.5. The predicted octanol–water partition coefficient (Wildman–Crippen LogP) is 2.07. The highest BCUT2D eigenvalue weighted by molar-refractivity contribution is 5.29. The van der Waals surface area contributed by atoms with E-state index in [1.54, 1.807) is 7.11 Å². The molecule has 1 unspecified atom stereocenters.